The van der Waals surface area contributed by atoms with Gasteiger partial charge in [0.2, 0.25) is 0 Å². The fraction of sp³-hybridized carbons (Fsp3) is 0.458. The summed E-state index contributed by atoms with van der Waals surface area (Å²) >= 11 is 0. The first-order valence-corrected chi connectivity index (χ1v) is 11.2. The Hall–Kier alpha value is -3.17. The van der Waals surface area contributed by atoms with E-state index in [1.54, 1.807) is 13.3 Å². The number of amides is 2. The van der Waals surface area contributed by atoms with E-state index in [4.69, 9.17) is 4.74 Å². The van der Waals surface area contributed by atoms with E-state index in [1.165, 1.54) is 0 Å². The van der Waals surface area contributed by atoms with E-state index in [9.17, 15) is 9.59 Å². The Kier molecular flexibility index (Phi) is 9.03. The van der Waals surface area contributed by atoms with Crippen molar-refractivity contribution in [1.29, 1.82) is 0 Å². The summed E-state index contributed by atoms with van der Waals surface area (Å²) in [7, 11) is 5.50. The van der Waals surface area contributed by atoms with E-state index in [0.717, 1.165) is 43.2 Å². The van der Waals surface area contributed by atoms with E-state index in [2.05, 4.69) is 37.6 Å². The third-order valence-corrected chi connectivity index (χ3v) is 5.77. The van der Waals surface area contributed by atoms with Crippen LogP contribution in [0.4, 0.5) is 5.69 Å². The number of methoxy groups -OCH3 is 1. The molecule has 2 heterocycles. The molecule has 1 unspecified atom stereocenters. The normalized spacial score (nSPS) is 15.2. The number of aromatic nitrogens is 1. The summed E-state index contributed by atoms with van der Waals surface area (Å²) < 4.78 is 5.25. The zero-order valence-corrected chi connectivity index (χ0v) is 19.7. The number of rotatable bonds is 9. The minimum Gasteiger partial charge on any atom is -0.497 e. The molecule has 2 aromatic rings. The second kappa shape index (κ2) is 12.2. The van der Waals surface area contributed by atoms with Crippen LogP contribution in [0.5, 0.6) is 5.75 Å². The van der Waals surface area contributed by atoms with Gasteiger partial charge in [-0.15, -0.1) is 0 Å². The number of hydrogen-bond acceptors (Lipinski definition) is 7. The van der Waals surface area contributed by atoms with Gasteiger partial charge in [0, 0.05) is 63.9 Å². The van der Waals surface area contributed by atoms with Crippen molar-refractivity contribution in [3.8, 4) is 5.75 Å². The summed E-state index contributed by atoms with van der Waals surface area (Å²) in [6.07, 6.45) is 3.56. The second-order valence-corrected chi connectivity index (χ2v) is 8.29. The van der Waals surface area contributed by atoms with E-state index in [0.29, 0.717) is 19.6 Å². The van der Waals surface area contributed by atoms with Crippen LogP contribution in [-0.4, -0.2) is 93.6 Å². The topological polar surface area (TPSA) is 90.0 Å². The van der Waals surface area contributed by atoms with Gasteiger partial charge in [-0.05, 0) is 50.0 Å². The maximum absolute atomic E-state index is 12.3. The predicted molar refractivity (Wildman–Crippen MR) is 128 cm³/mol. The highest BCUT2D eigenvalue weighted by Crippen LogP contribution is 2.25. The number of hydrogen-bond donors (Lipinski definition) is 2. The lowest BCUT2D eigenvalue weighted by atomic mass is 10.1. The van der Waals surface area contributed by atoms with Crippen LogP contribution >= 0.6 is 0 Å². The van der Waals surface area contributed by atoms with Gasteiger partial charge < -0.3 is 25.2 Å². The molecule has 33 heavy (non-hydrogen) atoms. The van der Waals surface area contributed by atoms with Crippen molar-refractivity contribution in [2.75, 3.05) is 71.9 Å². The minimum absolute atomic E-state index is 0.0600. The van der Waals surface area contributed by atoms with Gasteiger partial charge >= 0.3 is 11.8 Å². The van der Waals surface area contributed by atoms with Crippen molar-refractivity contribution < 1.29 is 14.3 Å². The highest BCUT2D eigenvalue weighted by atomic mass is 16.5. The van der Waals surface area contributed by atoms with Crippen LogP contribution in [0.1, 0.15) is 11.6 Å². The van der Waals surface area contributed by atoms with Crippen molar-refractivity contribution in [2.45, 2.75) is 6.04 Å². The average molecular weight is 455 g/mol. The van der Waals surface area contributed by atoms with Crippen molar-refractivity contribution in [2.24, 2.45) is 0 Å². The molecule has 1 aliphatic rings. The van der Waals surface area contributed by atoms with Crippen LogP contribution in [0.15, 0.2) is 48.8 Å². The number of pyridine rings is 1. The van der Waals surface area contributed by atoms with Crippen molar-refractivity contribution in [3.05, 3.63) is 54.4 Å². The van der Waals surface area contributed by atoms with Crippen LogP contribution in [-0.2, 0) is 9.59 Å². The van der Waals surface area contributed by atoms with Crippen LogP contribution in [0, 0.1) is 0 Å². The molecule has 0 spiro atoms. The molecule has 9 heteroatoms. The van der Waals surface area contributed by atoms with Gasteiger partial charge in [0.25, 0.3) is 0 Å². The zero-order chi connectivity index (χ0) is 23.6. The number of carbonyl (C=O) groups is 2. The van der Waals surface area contributed by atoms with Crippen molar-refractivity contribution >= 4 is 17.5 Å². The molecule has 2 N–H and O–H groups in total. The number of anilines is 1. The molecule has 3 rings (SSSR count). The number of piperazine rings is 1. The fourth-order valence-corrected chi connectivity index (χ4v) is 3.86. The largest absolute Gasteiger partial charge is 0.497 e. The molecule has 178 valence electrons. The molecular formula is C24H34N6O3. The lowest BCUT2D eigenvalue weighted by molar-refractivity contribution is -0.139. The van der Waals surface area contributed by atoms with Crippen molar-refractivity contribution in [3.63, 3.8) is 0 Å². The van der Waals surface area contributed by atoms with E-state index >= 15 is 0 Å². The number of benzene rings is 1. The second-order valence-electron chi connectivity index (χ2n) is 8.29. The lowest BCUT2D eigenvalue weighted by Crippen LogP contribution is -2.51. The van der Waals surface area contributed by atoms with Gasteiger partial charge in [0.05, 0.1) is 13.2 Å². The summed E-state index contributed by atoms with van der Waals surface area (Å²) in [5.74, 6) is -0.374. The Balaban J connectivity index is 1.58. The molecule has 0 radical (unpaired) electrons. The van der Waals surface area contributed by atoms with E-state index < -0.39 is 11.8 Å². The predicted octanol–water partition coefficient (Wildman–Crippen LogP) is 0.748. The molecule has 0 aliphatic carbocycles. The molecule has 2 amide bonds. The molecule has 1 saturated heterocycles. The summed E-state index contributed by atoms with van der Waals surface area (Å²) in [5, 5.41) is 5.47. The van der Waals surface area contributed by atoms with Gasteiger partial charge in [-0.3, -0.25) is 19.5 Å². The molecule has 1 aromatic carbocycles. The molecule has 0 saturated carbocycles. The molecule has 0 bridgehead atoms. The van der Waals surface area contributed by atoms with Crippen LogP contribution < -0.4 is 20.3 Å². The smallest absolute Gasteiger partial charge is 0.309 e. The monoisotopic (exact) mass is 454 g/mol. The number of nitrogens with zero attached hydrogens (tertiary/aromatic N) is 4. The van der Waals surface area contributed by atoms with Crippen LogP contribution in [0.2, 0.25) is 0 Å². The summed E-state index contributed by atoms with van der Waals surface area (Å²) in [5.41, 5.74) is 2.18. The quantitative estimate of drug-likeness (QED) is 0.541. The first-order chi connectivity index (χ1) is 16.0. The standard InChI is InChI=1S/C24H34N6O3/c1-28(2)12-11-26-23(31)24(32)27-18-22(19-5-4-10-25-17-19)30-15-13-29(14-16-30)20-6-8-21(33-3)9-7-20/h4-10,17,22H,11-16,18H2,1-3H3,(H,26,31)(H,27,32). The van der Waals surface area contributed by atoms with E-state index in [-0.39, 0.29) is 6.04 Å². The third-order valence-electron chi connectivity index (χ3n) is 5.77. The Morgan fingerprint density at radius 2 is 1.76 bits per heavy atom. The van der Waals surface area contributed by atoms with E-state index in [1.807, 2.05) is 49.5 Å². The van der Waals surface area contributed by atoms with Crippen molar-refractivity contribution in [1.82, 2.24) is 25.4 Å². The average Bonchev–Trinajstić information content (AvgIpc) is 2.85. The fourth-order valence-electron chi connectivity index (χ4n) is 3.86. The van der Waals surface area contributed by atoms with Gasteiger partial charge in [0.15, 0.2) is 0 Å². The Bertz CT molecular complexity index is 883. The highest BCUT2D eigenvalue weighted by Gasteiger charge is 2.26. The lowest BCUT2D eigenvalue weighted by Gasteiger charge is -2.40. The summed E-state index contributed by atoms with van der Waals surface area (Å²) in [6, 6.07) is 11.9. The minimum atomic E-state index is -0.612. The molecular weight excluding hydrogens is 420 g/mol. The molecule has 9 nitrogen and oxygen atoms in total. The zero-order valence-electron chi connectivity index (χ0n) is 19.7. The molecule has 1 fully saturated rings. The third kappa shape index (κ3) is 7.16. The summed E-state index contributed by atoms with van der Waals surface area (Å²) in [6.45, 7) is 4.83. The molecule has 1 atom stereocenters. The highest BCUT2D eigenvalue weighted by molar-refractivity contribution is 6.35. The number of ether oxygens (including phenoxy) is 1. The maximum atomic E-state index is 12.3. The SMILES string of the molecule is COc1ccc(N2CCN(C(CNC(=O)C(=O)NCCN(C)C)c3cccnc3)CC2)cc1. The Morgan fingerprint density at radius 1 is 1.06 bits per heavy atom. The number of carbonyl (C=O) groups excluding carboxylic acids is 2. The summed E-state index contributed by atoms with van der Waals surface area (Å²) in [4.78, 5) is 35.3. The Labute approximate surface area is 195 Å². The van der Waals surface area contributed by atoms with Gasteiger partial charge in [-0.25, -0.2) is 0 Å². The van der Waals surface area contributed by atoms with Gasteiger partial charge in [-0.2, -0.15) is 0 Å². The molecule has 1 aromatic heterocycles. The van der Waals surface area contributed by atoms with Gasteiger partial charge in [0.1, 0.15) is 5.75 Å². The number of nitrogens with one attached hydrogen (secondary N) is 2. The van der Waals surface area contributed by atoms with Crippen LogP contribution in [0.25, 0.3) is 0 Å². The van der Waals surface area contributed by atoms with Crippen LogP contribution in [0.3, 0.4) is 0 Å². The Morgan fingerprint density at radius 3 is 2.36 bits per heavy atom. The molecule has 1 aliphatic heterocycles. The first kappa shape index (κ1) is 24.5. The maximum Gasteiger partial charge on any atom is 0.309 e. The first-order valence-electron chi connectivity index (χ1n) is 11.2. The van der Waals surface area contributed by atoms with Gasteiger partial charge in [-0.1, -0.05) is 6.07 Å². The number of likely N-dealkylation sites (N-methyl/N-ethyl adjacent to an activating group) is 1.